The zero-order valence-electron chi connectivity index (χ0n) is 15.6. The SMILES string of the molecule is CC(C)Cc1nc(C(c2ccccc2F)N(C)C)n(-c2ccccn2)n1. The van der Waals surface area contributed by atoms with Gasteiger partial charge in [-0.3, -0.25) is 4.90 Å². The van der Waals surface area contributed by atoms with Gasteiger partial charge in [0, 0.05) is 18.2 Å². The van der Waals surface area contributed by atoms with Gasteiger partial charge in [0.2, 0.25) is 0 Å². The molecular weight excluding hydrogens is 329 g/mol. The molecule has 0 saturated carbocycles. The first-order valence-corrected chi connectivity index (χ1v) is 8.75. The Kier molecular flexibility index (Phi) is 5.42. The molecule has 5 nitrogen and oxygen atoms in total. The number of nitrogens with zero attached hydrogens (tertiary/aromatic N) is 5. The van der Waals surface area contributed by atoms with Crippen LogP contribution in [0.5, 0.6) is 0 Å². The van der Waals surface area contributed by atoms with Crippen LogP contribution in [0, 0.1) is 11.7 Å². The van der Waals surface area contributed by atoms with Gasteiger partial charge in [-0.2, -0.15) is 4.68 Å². The summed E-state index contributed by atoms with van der Waals surface area (Å²) in [7, 11) is 3.83. The molecule has 0 bridgehead atoms. The average Bonchev–Trinajstić information content (AvgIpc) is 3.00. The number of pyridine rings is 1. The van der Waals surface area contributed by atoms with E-state index in [1.165, 1.54) is 6.07 Å². The number of aromatic nitrogens is 4. The molecule has 1 unspecified atom stereocenters. The van der Waals surface area contributed by atoms with Crippen molar-refractivity contribution in [1.82, 2.24) is 24.6 Å². The highest BCUT2D eigenvalue weighted by atomic mass is 19.1. The van der Waals surface area contributed by atoms with Crippen LogP contribution in [0.3, 0.4) is 0 Å². The quantitative estimate of drug-likeness (QED) is 0.679. The maximum Gasteiger partial charge on any atom is 0.156 e. The second-order valence-corrected chi connectivity index (χ2v) is 6.97. The van der Waals surface area contributed by atoms with Crippen LogP contribution in [0.1, 0.15) is 37.1 Å². The largest absolute Gasteiger partial charge is 0.296 e. The van der Waals surface area contributed by atoms with Crippen molar-refractivity contribution in [2.24, 2.45) is 5.92 Å². The summed E-state index contributed by atoms with van der Waals surface area (Å²) in [5.74, 6) is 2.24. The summed E-state index contributed by atoms with van der Waals surface area (Å²) in [6, 6.07) is 12.1. The Morgan fingerprint density at radius 2 is 1.81 bits per heavy atom. The van der Waals surface area contributed by atoms with Crippen molar-refractivity contribution in [3.8, 4) is 5.82 Å². The molecule has 0 amide bonds. The lowest BCUT2D eigenvalue weighted by molar-refractivity contribution is 0.317. The van der Waals surface area contributed by atoms with E-state index < -0.39 is 0 Å². The van der Waals surface area contributed by atoms with E-state index in [2.05, 4.69) is 23.9 Å². The fourth-order valence-corrected chi connectivity index (χ4v) is 2.99. The summed E-state index contributed by atoms with van der Waals surface area (Å²) >= 11 is 0. The number of hydrogen-bond donors (Lipinski definition) is 0. The Hall–Kier alpha value is -2.60. The van der Waals surface area contributed by atoms with Crippen LogP contribution in [0.2, 0.25) is 0 Å². The van der Waals surface area contributed by atoms with Gasteiger partial charge in [0.15, 0.2) is 17.5 Å². The van der Waals surface area contributed by atoms with Crippen molar-refractivity contribution >= 4 is 0 Å². The van der Waals surface area contributed by atoms with E-state index in [-0.39, 0.29) is 11.9 Å². The third-order valence-electron chi connectivity index (χ3n) is 4.09. The van der Waals surface area contributed by atoms with Crippen molar-refractivity contribution in [1.29, 1.82) is 0 Å². The Labute approximate surface area is 153 Å². The molecule has 6 heteroatoms. The highest BCUT2D eigenvalue weighted by molar-refractivity contribution is 5.31. The topological polar surface area (TPSA) is 46.8 Å². The molecule has 0 fully saturated rings. The molecular formula is C20H24FN5. The number of hydrogen-bond acceptors (Lipinski definition) is 4. The normalized spacial score (nSPS) is 12.7. The summed E-state index contributed by atoms with van der Waals surface area (Å²) in [6.45, 7) is 4.25. The van der Waals surface area contributed by atoms with Crippen LogP contribution in [-0.4, -0.2) is 38.7 Å². The number of benzene rings is 1. The Bertz CT molecular complexity index is 858. The van der Waals surface area contributed by atoms with E-state index in [9.17, 15) is 4.39 Å². The molecule has 0 N–H and O–H groups in total. The van der Waals surface area contributed by atoms with Crippen molar-refractivity contribution in [2.75, 3.05) is 14.1 Å². The molecule has 0 aliphatic heterocycles. The van der Waals surface area contributed by atoms with Gasteiger partial charge in [-0.15, -0.1) is 5.10 Å². The highest BCUT2D eigenvalue weighted by Crippen LogP contribution is 2.29. The zero-order valence-corrected chi connectivity index (χ0v) is 15.6. The molecule has 0 spiro atoms. The van der Waals surface area contributed by atoms with Gasteiger partial charge >= 0.3 is 0 Å². The van der Waals surface area contributed by atoms with Crippen molar-refractivity contribution in [2.45, 2.75) is 26.3 Å². The minimum atomic E-state index is -0.369. The van der Waals surface area contributed by atoms with Crippen molar-refractivity contribution in [3.05, 3.63) is 71.7 Å². The summed E-state index contributed by atoms with van der Waals surface area (Å²) in [5, 5.41) is 4.67. The van der Waals surface area contributed by atoms with Gasteiger partial charge in [-0.1, -0.05) is 38.1 Å². The summed E-state index contributed by atoms with van der Waals surface area (Å²) in [5.41, 5.74) is 0.568. The van der Waals surface area contributed by atoms with Gasteiger partial charge in [0.1, 0.15) is 5.82 Å². The van der Waals surface area contributed by atoms with E-state index in [1.807, 2.05) is 43.3 Å². The lowest BCUT2D eigenvalue weighted by Gasteiger charge is -2.24. The molecule has 0 saturated heterocycles. The molecule has 26 heavy (non-hydrogen) atoms. The molecule has 0 aliphatic carbocycles. The molecule has 0 radical (unpaired) electrons. The lowest BCUT2D eigenvalue weighted by Crippen LogP contribution is -2.25. The van der Waals surface area contributed by atoms with Gasteiger partial charge in [0.25, 0.3) is 0 Å². The van der Waals surface area contributed by atoms with Crippen LogP contribution in [0.15, 0.2) is 48.7 Å². The smallest absolute Gasteiger partial charge is 0.156 e. The molecule has 1 atom stereocenters. The molecule has 2 heterocycles. The molecule has 2 aromatic heterocycles. The first kappa shape index (κ1) is 18.2. The highest BCUT2D eigenvalue weighted by Gasteiger charge is 2.27. The van der Waals surface area contributed by atoms with Gasteiger partial charge in [0.05, 0.1) is 6.04 Å². The zero-order chi connectivity index (χ0) is 18.7. The van der Waals surface area contributed by atoms with Crippen molar-refractivity contribution < 1.29 is 4.39 Å². The fraction of sp³-hybridized carbons (Fsp3) is 0.350. The Morgan fingerprint density at radius 1 is 1.08 bits per heavy atom. The fourth-order valence-electron chi connectivity index (χ4n) is 2.99. The van der Waals surface area contributed by atoms with E-state index in [4.69, 9.17) is 4.98 Å². The van der Waals surface area contributed by atoms with Crippen LogP contribution >= 0.6 is 0 Å². The summed E-state index contributed by atoms with van der Waals surface area (Å²) in [6.07, 6.45) is 2.47. The van der Waals surface area contributed by atoms with E-state index >= 15 is 0 Å². The van der Waals surface area contributed by atoms with E-state index in [0.29, 0.717) is 23.1 Å². The van der Waals surface area contributed by atoms with Crippen LogP contribution in [-0.2, 0) is 6.42 Å². The average molecular weight is 353 g/mol. The predicted octanol–water partition coefficient (Wildman–Crippen LogP) is 3.65. The van der Waals surface area contributed by atoms with Gasteiger partial charge in [-0.25, -0.2) is 14.4 Å². The molecule has 3 rings (SSSR count). The minimum Gasteiger partial charge on any atom is -0.296 e. The van der Waals surface area contributed by atoms with Crippen LogP contribution < -0.4 is 0 Å². The first-order chi connectivity index (χ1) is 12.5. The maximum absolute atomic E-state index is 14.5. The first-order valence-electron chi connectivity index (χ1n) is 8.75. The second kappa shape index (κ2) is 7.74. The van der Waals surface area contributed by atoms with Crippen LogP contribution in [0.25, 0.3) is 5.82 Å². The summed E-state index contributed by atoms with van der Waals surface area (Å²) in [4.78, 5) is 11.1. The van der Waals surface area contributed by atoms with Crippen LogP contribution in [0.4, 0.5) is 4.39 Å². The molecule has 136 valence electrons. The summed E-state index contributed by atoms with van der Waals surface area (Å²) < 4.78 is 16.3. The lowest BCUT2D eigenvalue weighted by atomic mass is 10.0. The molecule has 0 aliphatic rings. The Balaban J connectivity index is 2.17. The van der Waals surface area contributed by atoms with Gasteiger partial charge in [-0.05, 0) is 38.2 Å². The van der Waals surface area contributed by atoms with E-state index in [0.717, 1.165) is 12.2 Å². The molecule has 1 aromatic carbocycles. The third kappa shape index (κ3) is 3.80. The predicted molar refractivity (Wildman–Crippen MR) is 99.6 cm³/mol. The molecule has 3 aromatic rings. The number of halogens is 1. The van der Waals surface area contributed by atoms with Crippen molar-refractivity contribution in [3.63, 3.8) is 0 Å². The Morgan fingerprint density at radius 3 is 2.42 bits per heavy atom. The standard InChI is InChI=1S/C20H24FN5/c1-14(2)13-17-23-20(26(24-17)18-11-7-8-12-22-18)19(25(3)4)15-9-5-6-10-16(15)21/h5-12,14,19H,13H2,1-4H3. The maximum atomic E-state index is 14.5. The third-order valence-corrected chi connectivity index (χ3v) is 4.09. The monoisotopic (exact) mass is 353 g/mol. The number of rotatable bonds is 6. The second-order valence-electron chi connectivity index (χ2n) is 6.97. The minimum absolute atomic E-state index is 0.257. The van der Waals surface area contributed by atoms with Gasteiger partial charge < -0.3 is 0 Å². The van der Waals surface area contributed by atoms with E-state index in [1.54, 1.807) is 23.0 Å².